The van der Waals surface area contributed by atoms with Crippen LogP contribution in [0.4, 0.5) is 0 Å². The number of hydrogen-bond acceptors (Lipinski definition) is 3. The molecule has 2 aliphatic rings. The third kappa shape index (κ3) is 4.85. The van der Waals surface area contributed by atoms with Crippen LogP contribution >= 0.6 is 0 Å². The van der Waals surface area contributed by atoms with E-state index in [4.69, 9.17) is 4.74 Å². The molecule has 1 aromatic carbocycles. The fourth-order valence-corrected chi connectivity index (χ4v) is 3.77. The molecule has 3 rings (SSSR count). The van der Waals surface area contributed by atoms with Crippen LogP contribution in [0, 0.1) is 11.8 Å². The number of carbonyl (C=O) groups excluding carboxylic acids is 2. The fourth-order valence-electron chi connectivity index (χ4n) is 3.77. The molecule has 0 radical (unpaired) electrons. The fraction of sp³-hybridized carbons (Fsp3) is 0.619. The minimum absolute atomic E-state index is 0.0589. The molecular weight excluding hydrogens is 328 g/mol. The largest absolute Gasteiger partial charge is 0.383 e. The number of rotatable bonds is 7. The van der Waals surface area contributed by atoms with Crippen LogP contribution in [0.3, 0.4) is 0 Å². The first-order chi connectivity index (χ1) is 12.7. The number of likely N-dealkylation sites (tertiary alicyclic amines) is 1. The predicted octanol–water partition coefficient (Wildman–Crippen LogP) is 2.64. The first kappa shape index (κ1) is 18.9. The highest BCUT2D eigenvalue weighted by Crippen LogP contribution is 2.30. The van der Waals surface area contributed by atoms with Gasteiger partial charge in [-0.15, -0.1) is 0 Å². The van der Waals surface area contributed by atoms with E-state index >= 15 is 0 Å². The smallest absolute Gasteiger partial charge is 0.251 e. The molecule has 2 fully saturated rings. The van der Waals surface area contributed by atoms with Crippen molar-refractivity contribution in [3.8, 4) is 0 Å². The zero-order valence-electron chi connectivity index (χ0n) is 15.7. The van der Waals surface area contributed by atoms with E-state index < -0.39 is 0 Å². The number of ether oxygens (including phenoxy) is 1. The number of hydrogen-bond donors (Lipinski definition) is 1. The van der Waals surface area contributed by atoms with Crippen LogP contribution in [-0.4, -0.2) is 50.1 Å². The Morgan fingerprint density at radius 2 is 1.81 bits per heavy atom. The van der Waals surface area contributed by atoms with E-state index in [0.29, 0.717) is 36.5 Å². The van der Waals surface area contributed by atoms with E-state index in [-0.39, 0.29) is 5.91 Å². The van der Waals surface area contributed by atoms with E-state index in [1.807, 2.05) is 12.1 Å². The van der Waals surface area contributed by atoms with Gasteiger partial charge in [-0.3, -0.25) is 9.59 Å². The molecule has 1 N–H and O–H groups in total. The van der Waals surface area contributed by atoms with Gasteiger partial charge in [0, 0.05) is 38.2 Å². The van der Waals surface area contributed by atoms with Gasteiger partial charge in [0.05, 0.1) is 6.61 Å². The van der Waals surface area contributed by atoms with E-state index in [1.54, 1.807) is 7.11 Å². The number of nitrogens with zero attached hydrogens (tertiary/aromatic N) is 1. The summed E-state index contributed by atoms with van der Waals surface area (Å²) < 4.78 is 4.94. The second kappa shape index (κ2) is 9.17. The van der Waals surface area contributed by atoms with Crippen LogP contribution in [0.15, 0.2) is 24.3 Å². The minimum Gasteiger partial charge on any atom is -0.383 e. The topological polar surface area (TPSA) is 58.6 Å². The molecule has 5 nitrogen and oxygen atoms in total. The van der Waals surface area contributed by atoms with Gasteiger partial charge in [0.15, 0.2) is 0 Å². The summed E-state index contributed by atoms with van der Waals surface area (Å²) in [6.07, 6.45) is 6.58. The maximum Gasteiger partial charge on any atom is 0.251 e. The third-order valence-electron chi connectivity index (χ3n) is 5.71. The summed E-state index contributed by atoms with van der Waals surface area (Å²) in [5, 5.41) is 2.83. The van der Waals surface area contributed by atoms with Crippen LogP contribution in [0.5, 0.6) is 0 Å². The lowest BCUT2D eigenvalue weighted by Crippen LogP contribution is -2.43. The zero-order valence-corrected chi connectivity index (χ0v) is 15.7. The molecule has 1 aromatic rings. The molecule has 5 heteroatoms. The van der Waals surface area contributed by atoms with Crippen LogP contribution < -0.4 is 5.32 Å². The Hall–Kier alpha value is -1.88. The Morgan fingerprint density at radius 1 is 1.12 bits per heavy atom. The Balaban J connectivity index is 1.43. The molecule has 1 aliphatic carbocycles. The van der Waals surface area contributed by atoms with Crippen molar-refractivity contribution in [2.24, 2.45) is 11.8 Å². The second-order valence-electron chi connectivity index (χ2n) is 7.55. The lowest BCUT2D eigenvalue weighted by Gasteiger charge is -2.36. The summed E-state index contributed by atoms with van der Waals surface area (Å²) in [5.74, 6) is 1.27. The van der Waals surface area contributed by atoms with Gasteiger partial charge < -0.3 is 15.0 Å². The summed E-state index contributed by atoms with van der Waals surface area (Å²) in [6, 6.07) is 7.90. The first-order valence-electron chi connectivity index (χ1n) is 9.82. The minimum atomic E-state index is -0.0589. The average molecular weight is 358 g/mol. The lowest BCUT2D eigenvalue weighted by molar-refractivity contribution is -0.139. The van der Waals surface area contributed by atoms with Crippen LogP contribution in [-0.2, 0) is 16.0 Å². The van der Waals surface area contributed by atoms with Crippen molar-refractivity contribution in [2.75, 3.05) is 33.4 Å². The van der Waals surface area contributed by atoms with E-state index in [1.165, 1.54) is 12.0 Å². The Bertz CT molecular complexity index is 602. The molecule has 0 atom stereocenters. The summed E-state index contributed by atoms with van der Waals surface area (Å²) >= 11 is 0. The molecule has 1 saturated carbocycles. The van der Waals surface area contributed by atoms with Gasteiger partial charge in [-0.1, -0.05) is 18.6 Å². The first-order valence-corrected chi connectivity index (χ1v) is 9.82. The Kier molecular flexibility index (Phi) is 6.67. The quantitative estimate of drug-likeness (QED) is 0.763. The van der Waals surface area contributed by atoms with Crippen LogP contribution in [0.25, 0.3) is 0 Å². The molecule has 26 heavy (non-hydrogen) atoms. The molecule has 0 bridgehead atoms. The number of carbonyl (C=O) groups is 2. The van der Waals surface area contributed by atoms with Gasteiger partial charge >= 0.3 is 0 Å². The number of methoxy groups -OCH3 is 1. The molecular formula is C21H30N2O3. The third-order valence-corrected chi connectivity index (χ3v) is 5.71. The van der Waals surface area contributed by atoms with Gasteiger partial charge in [-0.25, -0.2) is 0 Å². The maximum absolute atomic E-state index is 12.3. The van der Waals surface area contributed by atoms with Crippen molar-refractivity contribution in [1.29, 1.82) is 0 Å². The molecule has 0 unspecified atom stereocenters. The number of amides is 2. The van der Waals surface area contributed by atoms with E-state index in [9.17, 15) is 9.59 Å². The van der Waals surface area contributed by atoms with Gasteiger partial charge in [-0.2, -0.15) is 0 Å². The highest BCUT2D eigenvalue weighted by Gasteiger charge is 2.31. The van der Waals surface area contributed by atoms with Crippen molar-refractivity contribution in [1.82, 2.24) is 10.2 Å². The molecule has 2 amide bonds. The maximum atomic E-state index is 12.3. The van der Waals surface area contributed by atoms with Crippen molar-refractivity contribution >= 4 is 11.8 Å². The van der Waals surface area contributed by atoms with E-state index in [2.05, 4.69) is 22.3 Å². The van der Waals surface area contributed by atoms with Gasteiger partial charge in [0.2, 0.25) is 5.91 Å². The molecule has 0 spiro atoms. The normalized spacial score (nSPS) is 18.4. The summed E-state index contributed by atoms with van der Waals surface area (Å²) in [5.41, 5.74) is 1.95. The number of benzene rings is 1. The van der Waals surface area contributed by atoms with Gasteiger partial charge in [0.25, 0.3) is 5.91 Å². The van der Waals surface area contributed by atoms with Crippen molar-refractivity contribution < 1.29 is 14.3 Å². The molecule has 1 aliphatic heterocycles. The lowest BCUT2D eigenvalue weighted by atomic mass is 9.83. The number of nitrogens with one attached hydrogen (secondary N) is 1. The van der Waals surface area contributed by atoms with Gasteiger partial charge in [0.1, 0.15) is 0 Å². The monoisotopic (exact) mass is 358 g/mol. The molecule has 1 saturated heterocycles. The molecule has 1 heterocycles. The van der Waals surface area contributed by atoms with Crippen molar-refractivity contribution in [2.45, 2.75) is 38.5 Å². The average Bonchev–Trinajstić information content (AvgIpc) is 2.61. The predicted molar refractivity (Wildman–Crippen MR) is 101 cm³/mol. The summed E-state index contributed by atoms with van der Waals surface area (Å²) in [6.45, 7) is 2.85. The number of piperidine rings is 1. The Morgan fingerprint density at radius 3 is 2.38 bits per heavy atom. The van der Waals surface area contributed by atoms with E-state index in [0.717, 1.165) is 45.2 Å². The van der Waals surface area contributed by atoms with Crippen molar-refractivity contribution in [3.63, 3.8) is 0 Å². The zero-order chi connectivity index (χ0) is 18.4. The summed E-state index contributed by atoms with van der Waals surface area (Å²) in [7, 11) is 1.62. The Labute approximate surface area is 156 Å². The van der Waals surface area contributed by atoms with Gasteiger partial charge in [-0.05, 0) is 55.7 Å². The van der Waals surface area contributed by atoms with Crippen molar-refractivity contribution in [3.05, 3.63) is 35.4 Å². The SMILES string of the molecule is COCCNC(=O)c1ccc(CC2CCN(C(=O)C3CCC3)CC2)cc1. The second-order valence-corrected chi connectivity index (χ2v) is 7.55. The molecule has 0 aromatic heterocycles. The van der Waals surface area contributed by atoms with Crippen LogP contribution in [0.1, 0.15) is 48.0 Å². The molecule has 142 valence electrons. The van der Waals surface area contributed by atoms with Crippen LogP contribution in [0.2, 0.25) is 0 Å². The standard InChI is InChI=1S/C21H30N2O3/c1-26-14-11-22-20(24)18-7-5-16(6-8-18)15-17-9-12-23(13-10-17)21(25)19-3-2-4-19/h5-8,17,19H,2-4,9-15H2,1H3,(H,22,24). The highest BCUT2D eigenvalue weighted by atomic mass is 16.5. The highest BCUT2D eigenvalue weighted by molar-refractivity contribution is 5.94. The summed E-state index contributed by atoms with van der Waals surface area (Å²) in [4.78, 5) is 26.4.